The SMILES string of the molecule is NC(=NO)C1(C(=O)N2CCC(CCO)C2)CC1. The standard InChI is InChI=1S/C11H19N3O3/c12-9(13-17)11(3-4-11)10(16)14-5-1-8(7-14)2-6-15/h8,15,17H,1-7H2,(H2,12,13). The van der Waals surface area contributed by atoms with E-state index in [0.29, 0.717) is 31.8 Å². The van der Waals surface area contributed by atoms with Crippen molar-refractivity contribution in [3.63, 3.8) is 0 Å². The Balaban J connectivity index is 1.98. The number of nitrogens with zero attached hydrogens (tertiary/aromatic N) is 2. The third-order valence-electron chi connectivity index (χ3n) is 3.87. The number of hydrogen-bond donors (Lipinski definition) is 3. The topological polar surface area (TPSA) is 99.2 Å². The van der Waals surface area contributed by atoms with Gasteiger partial charge in [-0.1, -0.05) is 5.16 Å². The molecule has 1 heterocycles. The van der Waals surface area contributed by atoms with E-state index in [0.717, 1.165) is 12.8 Å². The summed E-state index contributed by atoms with van der Waals surface area (Å²) in [4.78, 5) is 14.1. The van der Waals surface area contributed by atoms with E-state index in [1.807, 2.05) is 0 Å². The number of amides is 1. The van der Waals surface area contributed by atoms with Crippen molar-refractivity contribution in [2.24, 2.45) is 22.2 Å². The third kappa shape index (κ3) is 2.09. The molecule has 6 nitrogen and oxygen atoms in total. The van der Waals surface area contributed by atoms with E-state index in [2.05, 4.69) is 5.16 Å². The minimum atomic E-state index is -0.733. The molecule has 1 aliphatic carbocycles. The molecule has 17 heavy (non-hydrogen) atoms. The summed E-state index contributed by atoms with van der Waals surface area (Å²) in [7, 11) is 0. The number of carbonyl (C=O) groups is 1. The van der Waals surface area contributed by atoms with Gasteiger partial charge in [-0.05, 0) is 31.6 Å². The number of amidine groups is 1. The van der Waals surface area contributed by atoms with Gasteiger partial charge in [-0.2, -0.15) is 0 Å². The van der Waals surface area contributed by atoms with E-state index in [1.54, 1.807) is 4.90 Å². The van der Waals surface area contributed by atoms with E-state index in [1.165, 1.54) is 0 Å². The average molecular weight is 241 g/mol. The zero-order valence-electron chi connectivity index (χ0n) is 9.80. The number of aliphatic hydroxyl groups excluding tert-OH is 1. The maximum Gasteiger partial charge on any atom is 0.236 e. The summed E-state index contributed by atoms with van der Waals surface area (Å²) in [5.41, 5.74) is 4.85. The van der Waals surface area contributed by atoms with Crippen LogP contribution in [0.25, 0.3) is 0 Å². The minimum Gasteiger partial charge on any atom is -0.409 e. The van der Waals surface area contributed by atoms with Crippen LogP contribution in [0.5, 0.6) is 0 Å². The molecule has 2 fully saturated rings. The fraction of sp³-hybridized carbons (Fsp3) is 0.818. The molecule has 0 radical (unpaired) electrons. The molecular weight excluding hydrogens is 222 g/mol. The van der Waals surface area contributed by atoms with Crippen LogP contribution in [0.3, 0.4) is 0 Å². The van der Waals surface area contributed by atoms with Crippen LogP contribution in [0, 0.1) is 11.3 Å². The number of nitrogens with two attached hydrogens (primary N) is 1. The van der Waals surface area contributed by atoms with Crippen molar-refractivity contribution in [3.05, 3.63) is 0 Å². The average Bonchev–Trinajstić information content (AvgIpc) is 3.02. The van der Waals surface area contributed by atoms with Crippen molar-refractivity contribution in [1.82, 2.24) is 4.90 Å². The van der Waals surface area contributed by atoms with Gasteiger partial charge < -0.3 is 20.9 Å². The Morgan fingerprint density at radius 3 is 2.76 bits per heavy atom. The molecule has 1 atom stereocenters. The summed E-state index contributed by atoms with van der Waals surface area (Å²) < 4.78 is 0. The highest BCUT2D eigenvalue weighted by molar-refractivity contribution is 6.09. The number of oxime groups is 1. The second kappa shape index (κ2) is 4.52. The van der Waals surface area contributed by atoms with E-state index in [4.69, 9.17) is 16.0 Å². The van der Waals surface area contributed by atoms with Gasteiger partial charge in [0.1, 0.15) is 5.41 Å². The van der Waals surface area contributed by atoms with Gasteiger partial charge in [0.2, 0.25) is 5.91 Å². The zero-order chi connectivity index (χ0) is 12.5. The van der Waals surface area contributed by atoms with E-state index in [9.17, 15) is 4.79 Å². The highest BCUT2D eigenvalue weighted by Gasteiger charge is 2.56. The molecule has 0 bridgehead atoms. The largest absolute Gasteiger partial charge is 0.409 e. The first kappa shape index (κ1) is 12.2. The molecule has 1 unspecified atom stereocenters. The summed E-state index contributed by atoms with van der Waals surface area (Å²) in [5.74, 6) is 0.397. The molecule has 6 heteroatoms. The lowest BCUT2D eigenvalue weighted by Crippen LogP contribution is -2.42. The fourth-order valence-electron chi connectivity index (χ4n) is 2.54. The number of rotatable bonds is 4. The Morgan fingerprint density at radius 2 is 2.24 bits per heavy atom. The maximum absolute atomic E-state index is 12.3. The van der Waals surface area contributed by atoms with Crippen molar-refractivity contribution in [1.29, 1.82) is 0 Å². The lowest BCUT2D eigenvalue weighted by atomic mass is 10.0. The molecule has 96 valence electrons. The summed E-state index contributed by atoms with van der Waals surface area (Å²) in [5, 5.41) is 20.5. The van der Waals surface area contributed by atoms with Crippen LogP contribution in [0.15, 0.2) is 5.16 Å². The van der Waals surface area contributed by atoms with Gasteiger partial charge in [0.15, 0.2) is 5.84 Å². The van der Waals surface area contributed by atoms with Crippen LogP contribution in [0.1, 0.15) is 25.7 Å². The molecule has 1 saturated carbocycles. The predicted molar refractivity (Wildman–Crippen MR) is 61.5 cm³/mol. The van der Waals surface area contributed by atoms with Gasteiger partial charge >= 0.3 is 0 Å². The van der Waals surface area contributed by atoms with E-state index >= 15 is 0 Å². The van der Waals surface area contributed by atoms with Crippen molar-refractivity contribution in [2.75, 3.05) is 19.7 Å². The van der Waals surface area contributed by atoms with Crippen LogP contribution in [-0.4, -0.2) is 46.7 Å². The molecule has 0 spiro atoms. The summed E-state index contributed by atoms with van der Waals surface area (Å²) in [6, 6.07) is 0. The maximum atomic E-state index is 12.3. The second-order valence-electron chi connectivity index (χ2n) is 4.99. The van der Waals surface area contributed by atoms with Crippen LogP contribution in [0.2, 0.25) is 0 Å². The molecule has 1 saturated heterocycles. The van der Waals surface area contributed by atoms with Crippen molar-refractivity contribution in [2.45, 2.75) is 25.7 Å². The second-order valence-corrected chi connectivity index (χ2v) is 4.99. The van der Waals surface area contributed by atoms with Gasteiger partial charge in [-0.15, -0.1) is 0 Å². The lowest BCUT2D eigenvalue weighted by molar-refractivity contribution is -0.133. The van der Waals surface area contributed by atoms with Crippen molar-refractivity contribution in [3.8, 4) is 0 Å². The summed E-state index contributed by atoms with van der Waals surface area (Å²) in [6.07, 6.45) is 3.00. The van der Waals surface area contributed by atoms with Gasteiger partial charge in [0.25, 0.3) is 0 Å². The molecule has 2 aliphatic rings. The normalized spacial score (nSPS) is 27.2. The van der Waals surface area contributed by atoms with Crippen LogP contribution in [0.4, 0.5) is 0 Å². The molecule has 0 aromatic rings. The van der Waals surface area contributed by atoms with Gasteiger partial charge in [0, 0.05) is 19.7 Å². The summed E-state index contributed by atoms with van der Waals surface area (Å²) >= 11 is 0. The number of likely N-dealkylation sites (tertiary alicyclic amines) is 1. The number of hydrogen-bond acceptors (Lipinski definition) is 4. The van der Waals surface area contributed by atoms with Crippen LogP contribution < -0.4 is 5.73 Å². The van der Waals surface area contributed by atoms with E-state index in [-0.39, 0.29) is 18.3 Å². The molecule has 2 rings (SSSR count). The monoisotopic (exact) mass is 241 g/mol. The molecule has 4 N–H and O–H groups in total. The van der Waals surface area contributed by atoms with Gasteiger partial charge in [0.05, 0.1) is 0 Å². The van der Waals surface area contributed by atoms with E-state index < -0.39 is 5.41 Å². The Bertz CT molecular complexity index is 339. The van der Waals surface area contributed by atoms with Crippen molar-refractivity contribution >= 4 is 11.7 Å². The minimum absolute atomic E-state index is 0.0201. The number of aliphatic hydroxyl groups is 1. The molecule has 1 amide bonds. The highest BCUT2D eigenvalue weighted by atomic mass is 16.4. The Kier molecular flexibility index (Phi) is 3.24. The smallest absolute Gasteiger partial charge is 0.236 e. The highest BCUT2D eigenvalue weighted by Crippen LogP contribution is 2.48. The first-order valence-electron chi connectivity index (χ1n) is 6.02. The Morgan fingerprint density at radius 1 is 1.53 bits per heavy atom. The lowest BCUT2D eigenvalue weighted by Gasteiger charge is -2.22. The number of carbonyl (C=O) groups excluding carboxylic acids is 1. The quantitative estimate of drug-likeness (QED) is 0.273. The Hall–Kier alpha value is -1.30. The Labute approximate surface area is 100 Å². The fourth-order valence-corrected chi connectivity index (χ4v) is 2.54. The molecular formula is C11H19N3O3. The molecule has 0 aromatic carbocycles. The predicted octanol–water partition coefficient (Wildman–Crippen LogP) is -0.256. The molecule has 1 aliphatic heterocycles. The first-order chi connectivity index (χ1) is 8.14. The first-order valence-corrected chi connectivity index (χ1v) is 6.02. The van der Waals surface area contributed by atoms with Crippen LogP contribution in [-0.2, 0) is 4.79 Å². The summed E-state index contributed by atoms with van der Waals surface area (Å²) in [6.45, 7) is 1.56. The van der Waals surface area contributed by atoms with Crippen LogP contribution >= 0.6 is 0 Å². The van der Waals surface area contributed by atoms with Gasteiger partial charge in [-0.25, -0.2) is 0 Å². The zero-order valence-corrected chi connectivity index (χ0v) is 9.80. The van der Waals surface area contributed by atoms with Crippen molar-refractivity contribution < 1.29 is 15.1 Å². The van der Waals surface area contributed by atoms with Gasteiger partial charge in [-0.3, -0.25) is 4.79 Å². The third-order valence-corrected chi connectivity index (χ3v) is 3.87. The molecule has 0 aromatic heterocycles.